The van der Waals surface area contributed by atoms with Crippen molar-refractivity contribution in [1.82, 2.24) is 0 Å². The molecule has 0 spiro atoms. The van der Waals surface area contributed by atoms with Crippen LogP contribution in [0, 0.1) is 0 Å². The molecule has 5 nitrogen and oxygen atoms in total. The predicted molar refractivity (Wildman–Crippen MR) is 87.9 cm³/mol. The molecule has 0 bridgehead atoms. The van der Waals surface area contributed by atoms with E-state index in [2.05, 4.69) is 0 Å². The van der Waals surface area contributed by atoms with Gasteiger partial charge in [-0.25, -0.2) is 0 Å². The molecule has 0 fully saturated rings. The van der Waals surface area contributed by atoms with E-state index in [1.165, 1.54) is 0 Å². The van der Waals surface area contributed by atoms with Crippen LogP contribution in [0.1, 0.15) is 40.7 Å². The monoisotopic (exact) mass is 326 g/mol. The van der Waals surface area contributed by atoms with Crippen LogP contribution >= 0.6 is 0 Å². The van der Waals surface area contributed by atoms with Crippen molar-refractivity contribution in [3.8, 4) is 0 Å². The van der Waals surface area contributed by atoms with Crippen LogP contribution in [0.3, 0.4) is 0 Å². The summed E-state index contributed by atoms with van der Waals surface area (Å²) in [6.07, 6.45) is -0.231. The number of carboxylic acids is 1. The topological polar surface area (TPSA) is 80.7 Å². The highest BCUT2D eigenvalue weighted by atomic mass is 16.5. The third-order valence-electron chi connectivity index (χ3n) is 3.60. The molecule has 2 aromatic rings. The molecule has 0 saturated carbocycles. The van der Waals surface area contributed by atoms with E-state index in [-0.39, 0.29) is 18.8 Å². The Hall–Kier alpha value is -2.95. The van der Waals surface area contributed by atoms with Gasteiger partial charge in [0.1, 0.15) is 6.61 Å². The number of hydrogen-bond acceptors (Lipinski definition) is 4. The Kier molecular flexibility index (Phi) is 5.84. The Morgan fingerprint density at radius 1 is 1.00 bits per heavy atom. The van der Waals surface area contributed by atoms with Crippen molar-refractivity contribution in [1.29, 1.82) is 0 Å². The third-order valence-corrected chi connectivity index (χ3v) is 3.60. The van der Waals surface area contributed by atoms with Gasteiger partial charge in [-0.2, -0.15) is 0 Å². The number of benzene rings is 2. The number of carboxylic acid groups (broad SMARTS) is 1. The predicted octanol–water partition coefficient (Wildman–Crippen LogP) is 3.04. The lowest BCUT2D eigenvalue weighted by Crippen LogP contribution is -2.16. The number of aliphatic carboxylic acids is 1. The lowest BCUT2D eigenvalue weighted by molar-refractivity contribution is -0.147. The van der Waals surface area contributed by atoms with Crippen LogP contribution in [0.2, 0.25) is 0 Å². The van der Waals surface area contributed by atoms with E-state index >= 15 is 0 Å². The Labute approximate surface area is 139 Å². The number of ether oxygens (including phenoxy) is 1. The number of carbonyl (C=O) groups is 3. The first kappa shape index (κ1) is 17.4. The van der Waals surface area contributed by atoms with Crippen molar-refractivity contribution in [2.75, 3.05) is 6.61 Å². The molecular formula is C19H18O5. The van der Waals surface area contributed by atoms with Crippen LogP contribution in [0.5, 0.6) is 0 Å². The quantitative estimate of drug-likeness (QED) is 0.625. The zero-order chi connectivity index (χ0) is 17.5. The van der Waals surface area contributed by atoms with E-state index in [1.807, 2.05) is 6.07 Å². The Morgan fingerprint density at radius 3 is 2.33 bits per heavy atom. The largest absolute Gasteiger partial charge is 0.481 e. The van der Waals surface area contributed by atoms with Gasteiger partial charge in [-0.1, -0.05) is 48.5 Å². The van der Waals surface area contributed by atoms with Crippen LogP contribution in [-0.2, 0) is 14.3 Å². The van der Waals surface area contributed by atoms with Gasteiger partial charge in [0.05, 0.1) is 12.3 Å². The number of carbonyl (C=O) groups excluding carboxylic acids is 2. The highest BCUT2D eigenvalue weighted by Crippen LogP contribution is 2.20. The van der Waals surface area contributed by atoms with Gasteiger partial charge in [0, 0.05) is 11.1 Å². The summed E-state index contributed by atoms with van der Waals surface area (Å²) in [6, 6.07) is 15.7. The minimum absolute atomic E-state index is 0.121. The molecule has 2 aromatic carbocycles. The maximum Gasteiger partial charge on any atom is 0.313 e. The molecule has 24 heavy (non-hydrogen) atoms. The van der Waals surface area contributed by atoms with Crippen LogP contribution in [0.15, 0.2) is 54.6 Å². The second-order valence-electron chi connectivity index (χ2n) is 5.35. The van der Waals surface area contributed by atoms with Crippen molar-refractivity contribution in [3.63, 3.8) is 0 Å². The van der Waals surface area contributed by atoms with E-state index in [0.717, 1.165) is 0 Å². The number of hydrogen-bond donors (Lipinski definition) is 1. The first-order valence-corrected chi connectivity index (χ1v) is 7.57. The number of ketones is 1. The van der Waals surface area contributed by atoms with Gasteiger partial charge in [0.15, 0.2) is 5.78 Å². The summed E-state index contributed by atoms with van der Waals surface area (Å²) in [5, 5.41) is 8.56. The van der Waals surface area contributed by atoms with Crippen molar-refractivity contribution in [2.24, 2.45) is 0 Å². The summed E-state index contributed by atoms with van der Waals surface area (Å²) in [6.45, 7) is 1.50. The summed E-state index contributed by atoms with van der Waals surface area (Å²) in [5.74, 6) is -2.24. The van der Waals surface area contributed by atoms with E-state index in [0.29, 0.717) is 16.7 Å². The Morgan fingerprint density at radius 2 is 1.67 bits per heavy atom. The van der Waals surface area contributed by atoms with E-state index in [4.69, 9.17) is 9.84 Å². The lowest BCUT2D eigenvalue weighted by Gasteiger charge is -2.12. The van der Waals surface area contributed by atoms with Gasteiger partial charge in [-0.3, -0.25) is 14.4 Å². The summed E-state index contributed by atoms with van der Waals surface area (Å²) >= 11 is 0. The van der Waals surface area contributed by atoms with Crippen LogP contribution < -0.4 is 0 Å². The SMILES string of the molecule is C[C@H](C(=O)OCCC(=O)O)c1cccc(C(=O)c2ccccc2)c1. The van der Waals surface area contributed by atoms with Crippen molar-refractivity contribution in [2.45, 2.75) is 19.3 Å². The summed E-state index contributed by atoms with van der Waals surface area (Å²) in [7, 11) is 0. The van der Waals surface area contributed by atoms with E-state index in [1.54, 1.807) is 55.5 Å². The number of esters is 1. The molecule has 0 radical (unpaired) electrons. The normalized spacial score (nSPS) is 11.5. The highest BCUT2D eigenvalue weighted by molar-refractivity contribution is 6.09. The Bertz CT molecular complexity index is 736. The van der Waals surface area contributed by atoms with Crippen molar-refractivity contribution < 1.29 is 24.2 Å². The molecule has 0 unspecified atom stereocenters. The molecule has 0 saturated heterocycles. The molecule has 0 heterocycles. The van der Waals surface area contributed by atoms with Gasteiger partial charge < -0.3 is 9.84 Å². The lowest BCUT2D eigenvalue weighted by atomic mass is 9.96. The molecule has 2 rings (SSSR count). The summed E-state index contributed by atoms with van der Waals surface area (Å²) < 4.78 is 4.95. The molecule has 1 N–H and O–H groups in total. The van der Waals surface area contributed by atoms with Gasteiger partial charge in [0.2, 0.25) is 0 Å². The van der Waals surface area contributed by atoms with Crippen molar-refractivity contribution >= 4 is 17.7 Å². The molecule has 0 aliphatic heterocycles. The van der Waals surface area contributed by atoms with Gasteiger partial charge in [0.25, 0.3) is 0 Å². The smallest absolute Gasteiger partial charge is 0.313 e. The van der Waals surface area contributed by atoms with Gasteiger partial charge in [-0.05, 0) is 18.6 Å². The first-order chi connectivity index (χ1) is 11.5. The maximum absolute atomic E-state index is 12.5. The molecule has 5 heteroatoms. The minimum atomic E-state index is -1.02. The second kappa shape index (κ2) is 8.06. The molecule has 0 amide bonds. The molecular weight excluding hydrogens is 308 g/mol. The summed E-state index contributed by atoms with van der Waals surface area (Å²) in [4.78, 5) is 34.9. The second-order valence-corrected chi connectivity index (χ2v) is 5.35. The molecule has 0 aliphatic carbocycles. The fourth-order valence-electron chi connectivity index (χ4n) is 2.21. The molecule has 1 atom stereocenters. The molecule has 124 valence electrons. The molecule has 0 aromatic heterocycles. The van der Waals surface area contributed by atoms with E-state index < -0.39 is 17.9 Å². The Balaban J connectivity index is 2.10. The highest BCUT2D eigenvalue weighted by Gasteiger charge is 2.19. The standard InChI is InChI=1S/C19H18O5/c1-13(19(23)24-11-10-17(20)21)15-8-5-9-16(12-15)18(22)14-6-3-2-4-7-14/h2-9,12-13H,10-11H2,1H3,(H,20,21)/t13-/m0/s1. The van der Waals surface area contributed by atoms with E-state index in [9.17, 15) is 14.4 Å². The first-order valence-electron chi connectivity index (χ1n) is 7.57. The van der Waals surface area contributed by atoms with Gasteiger partial charge in [-0.15, -0.1) is 0 Å². The summed E-state index contributed by atoms with van der Waals surface area (Å²) in [5.41, 5.74) is 1.72. The average molecular weight is 326 g/mol. The zero-order valence-electron chi connectivity index (χ0n) is 13.3. The van der Waals surface area contributed by atoms with Gasteiger partial charge >= 0.3 is 11.9 Å². The van der Waals surface area contributed by atoms with Crippen LogP contribution in [-0.4, -0.2) is 29.4 Å². The molecule has 0 aliphatic rings. The van der Waals surface area contributed by atoms with Crippen LogP contribution in [0.25, 0.3) is 0 Å². The number of rotatable bonds is 7. The van der Waals surface area contributed by atoms with Crippen molar-refractivity contribution in [3.05, 3.63) is 71.3 Å². The fourth-order valence-corrected chi connectivity index (χ4v) is 2.21. The average Bonchev–Trinajstić information content (AvgIpc) is 2.61. The fraction of sp³-hybridized carbons (Fsp3) is 0.211. The maximum atomic E-state index is 12.5. The third kappa shape index (κ3) is 4.52. The van der Waals surface area contributed by atoms with Crippen LogP contribution in [0.4, 0.5) is 0 Å². The minimum Gasteiger partial charge on any atom is -0.481 e. The zero-order valence-corrected chi connectivity index (χ0v) is 13.3.